The number of hydrogen-bond donors (Lipinski definition) is 0. The van der Waals surface area contributed by atoms with Gasteiger partial charge in [-0.25, -0.2) is 0 Å². The molecular weight excluding hydrogens is 176 g/mol. The van der Waals surface area contributed by atoms with Crippen molar-refractivity contribution < 1.29 is 8.42 Å². The molecule has 0 radical (unpaired) electrons. The highest BCUT2D eigenvalue weighted by molar-refractivity contribution is 8.11. The van der Waals surface area contributed by atoms with Crippen LogP contribution in [0.4, 0.5) is 0 Å². The molecule has 0 spiro atoms. The third kappa shape index (κ3) is 3.67. The largest absolute Gasteiger partial charge is 0.299 e. The van der Waals surface area contributed by atoms with Crippen molar-refractivity contribution in [3.63, 3.8) is 0 Å². The van der Waals surface area contributed by atoms with Gasteiger partial charge in [0.1, 0.15) is 0 Å². The minimum absolute atomic E-state index is 0.141. The van der Waals surface area contributed by atoms with Crippen LogP contribution in [0, 0.1) is 11.3 Å². The Morgan fingerprint density at radius 2 is 2.20 bits per heavy atom. The molecule has 0 unspecified atom stereocenters. The summed E-state index contributed by atoms with van der Waals surface area (Å²) in [6.45, 7) is 0.141. The molecule has 0 atom stereocenters. The smallest absolute Gasteiger partial charge is 0.198 e. The molecule has 0 N–H and O–H groups in total. The molecule has 58 valence electrons. The maximum atomic E-state index is 10.4. The van der Waals surface area contributed by atoms with E-state index in [2.05, 4.69) is 0 Å². The monoisotopic (exact) mass is 182 g/mol. The summed E-state index contributed by atoms with van der Waals surface area (Å²) in [4.78, 5) is 0. The molecular formula is C4H7ClN2O2S. The van der Waals surface area contributed by atoms with Crippen LogP contribution in [-0.2, 0) is 9.24 Å². The summed E-state index contributed by atoms with van der Waals surface area (Å²) in [6.07, 6.45) is 0.155. The van der Waals surface area contributed by atoms with E-state index in [1.165, 1.54) is 7.05 Å². The fraction of sp³-hybridized carbons (Fsp3) is 0.750. The van der Waals surface area contributed by atoms with Gasteiger partial charge < -0.3 is 0 Å². The lowest BCUT2D eigenvalue weighted by Crippen LogP contribution is -2.22. The van der Waals surface area contributed by atoms with Crippen molar-refractivity contribution in [2.75, 3.05) is 13.6 Å². The molecule has 6 heteroatoms. The van der Waals surface area contributed by atoms with Crippen LogP contribution in [0.25, 0.3) is 0 Å². The van der Waals surface area contributed by atoms with Gasteiger partial charge in [0.25, 0.3) is 9.24 Å². The van der Waals surface area contributed by atoms with Crippen LogP contribution in [0.5, 0.6) is 0 Å². The van der Waals surface area contributed by atoms with E-state index in [1.54, 1.807) is 6.07 Å². The standard InChI is InChI=1S/C4H7ClN2O2S/c1-7(4-2-3-6)10(5,8)9/h2,4H2,1H3. The molecule has 0 saturated carbocycles. The average molecular weight is 183 g/mol. The second-order valence-corrected chi connectivity index (χ2v) is 4.29. The quantitative estimate of drug-likeness (QED) is 0.591. The highest BCUT2D eigenvalue weighted by atomic mass is 35.7. The molecule has 0 rings (SSSR count). The van der Waals surface area contributed by atoms with Crippen molar-refractivity contribution in [3.05, 3.63) is 0 Å². The van der Waals surface area contributed by atoms with Crippen molar-refractivity contribution in [2.24, 2.45) is 0 Å². The van der Waals surface area contributed by atoms with Crippen LogP contribution in [0.15, 0.2) is 0 Å². The zero-order valence-electron chi connectivity index (χ0n) is 5.41. The van der Waals surface area contributed by atoms with Crippen molar-refractivity contribution in [3.8, 4) is 6.07 Å². The molecule has 0 aliphatic carbocycles. The molecule has 0 fully saturated rings. The van der Waals surface area contributed by atoms with E-state index in [0.29, 0.717) is 0 Å². The first-order valence-electron chi connectivity index (χ1n) is 2.51. The van der Waals surface area contributed by atoms with Crippen LogP contribution >= 0.6 is 10.7 Å². The van der Waals surface area contributed by atoms with Crippen molar-refractivity contribution >= 4 is 19.9 Å². The summed E-state index contributed by atoms with van der Waals surface area (Å²) in [7, 11) is 2.61. The first-order valence-corrected chi connectivity index (χ1v) is 4.78. The summed E-state index contributed by atoms with van der Waals surface area (Å²) >= 11 is 0. The van der Waals surface area contributed by atoms with Crippen LogP contribution in [-0.4, -0.2) is 26.3 Å². The van der Waals surface area contributed by atoms with E-state index in [4.69, 9.17) is 15.9 Å². The fourth-order valence-electron chi connectivity index (χ4n) is 0.316. The maximum Gasteiger partial charge on any atom is 0.299 e. The third-order valence-electron chi connectivity index (χ3n) is 0.911. The Hall–Kier alpha value is -0.310. The lowest BCUT2D eigenvalue weighted by Gasteiger charge is -2.07. The SMILES string of the molecule is CN(CCC#N)S(=O)(=O)Cl. The molecule has 4 nitrogen and oxygen atoms in total. The van der Waals surface area contributed by atoms with Gasteiger partial charge in [-0.2, -0.15) is 18.0 Å². The van der Waals surface area contributed by atoms with Gasteiger partial charge in [0.2, 0.25) is 0 Å². The fourth-order valence-corrected chi connectivity index (χ4v) is 0.833. The Bertz CT molecular complexity index is 230. The Morgan fingerprint density at radius 3 is 2.50 bits per heavy atom. The van der Waals surface area contributed by atoms with Crippen molar-refractivity contribution in [1.29, 1.82) is 5.26 Å². The number of halogens is 1. The minimum atomic E-state index is -3.62. The van der Waals surface area contributed by atoms with E-state index >= 15 is 0 Å². The molecule has 0 aromatic heterocycles. The van der Waals surface area contributed by atoms with Crippen molar-refractivity contribution in [2.45, 2.75) is 6.42 Å². The normalized spacial score (nSPS) is 11.4. The summed E-state index contributed by atoms with van der Waals surface area (Å²) in [6, 6.07) is 1.81. The number of nitriles is 1. The molecule has 0 aromatic carbocycles. The Morgan fingerprint density at radius 1 is 1.70 bits per heavy atom. The van der Waals surface area contributed by atoms with Crippen LogP contribution in [0.2, 0.25) is 0 Å². The lowest BCUT2D eigenvalue weighted by molar-refractivity contribution is 0.490. The molecule has 0 saturated heterocycles. The number of rotatable bonds is 3. The molecule has 0 heterocycles. The van der Waals surface area contributed by atoms with Gasteiger partial charge in [-0.1, -0.05) is 0 Å². The van der Waals surface area contributed by atoms with Gasteiger partial charge in [0.15, 0.2) is 0 Å². The van der Waals surface area contributed by atoms with Crippen molar-refractivity contribution in [1.82, 2.24) is 4.31 Å². The van der Waals surface area contributed by atoms with Gasteiger partial charge in [0, 0.05) is 30.7 Å². The first kappa shape index (κ1) is 9.69. The molecule has 0 aromatic rings. The predicted octanol–water partition coefficient (Wildman–Crippen LogP) is 0.315. The second kappa shape index (κ2) is 3.76. The number of nitrogens with zero attached hydrogens (tertiary/aromatic N) is 2. The Kier molecular flexibility index (Phi) is 3.64. The zero-order chi connectivity index (χ0) is 8.20. The van der Waals surface area contributed by atoms with E-state index in [0.717, 1.165) is 4.31 Å². The van der Waals surface area contributed by atoms with Crippen LogP contribution < -0.4 is 0 Å². The van der Waals surface area contributed by atoms with Gasteiger partial charge in [-0.15, -0.1) is 0 Å². The van der Waals surface area contributed by atoms with E-state index in [1.807, 2.05) is 0 Å². The molecule has 0 bridgehead atoms. The lowest BCUT2D eigenvalue weighted by atomic mass is 10.5. The van der Waals surface area contributed by atoms with Gasteiger partial charge in [0.05, 0.1) is 6.07 Å². The Labute approximate surface area is 64.6 Å². The topological polar surface area (TPSA) is 61.2 Å². The molecule has 0 amide bonds. The van der Waals surface area contributed by atoms with Gasteiger partial charge in [-0.3, -0.25) is 0 Å². The molecule has 0 aliphatic heterocycles. The van der Waals surface area contributed by atoms with Crippen LogP contribution in [0.3, 0.4) is 0 Å². The summed E-state index contributed by atoms with van der Waals surface area (Å²) < 4.78 is 21.8. The average Bonchev–Trinajstić information content (AvgIpc) is 1.80. The summed E-state index contributed by atoms with van der Waals surface area (Å²) in [5.74, 6) is 0. The first-order chi connectivity index (χ1) is 4.48. The predicted molar refractivity (Wildman–Crippen MR) is 37.6 cm³/mol. The second-order valence-electron chi connectivity index (χ2n) is 1.67. The van der Waals surface area contributed by atoms with E-state index in [9.17, 15) is 8.42 Å². The maximum absolute atomic E-state index is 10.4. The minimum Gasteiger partial charge on any atom is -0.198 e. The summed E-state index contributed by atoms with van der Waals surface area (Å²) in [5.41, 5.74) is 0. The molecule has 10 heavy (non-hydrogen) atoms. The number of hydrogen-bond acceptors (Lipinski definition) is 3. The highest BCUT2D eigenvalue weighted by Gasteiger charge is 2.11. The van der Waals surface area contributed by atoms with Gasteiger partial charge >= 0.3 is 0 Å². The Balaban J connectivity index is 3.90. The van der Waals surface area contributed by atoms with E-state index in [-0.39, 0.29) is 13.0 Å². The van der Waals surface area contributed by atoms with Gasteiger partial charge in [-0.05, 0) is 0 Å². The van der Waals surface area contributed by atoms with Crippen LogP contribution in [0.1, 0.15) is 6.42 Å². The molecule has 0 aliphatic rings. The van der Waals surface area contributed by atoms with E-state index < -0.39 is 9.24 Å². The zero-order valence-corrected chi connectivity index (χ0v) is 6.98. The summed E-state index contributed by atoms with van der Waals surface area (Å²) in [5, 5.41) is 8.07. The highest BCUT2D eigenvalue weighted by Crippen LogP contribution is 2.02. The third-order valence-corrected chi connectivity index (χ3v) is 2.54.